The topological polar surface area (TPSA) is 29.5 Å². The second-order valence-corrected chi connectivity index (χ2v) is 1.75. The summed E-state index contributed by atoms with van der Waals surface area (Å²) in [4.78, 5) is 1.51. The molecule has 0 amide bonds. The van der Waals surface area contributed by atoms with Crippen LogP contribution in [-0.2, 0) is 4.74 Å². The van der Waals surface area contributed by atoms with Gasteiger partial charge in [-0.25, -0.2) is 0 Å². The predicted octanol–water partition coefficient (Wildman–Crippen LogP) is 0.863. The summed E-state index contributed by atoms with van der Waals surface area (Å²) in [6.07, 6.45) is 5.38. The minimum atomic E-state index is -0.902. The van der Waals surface area contributed by atoms with E-state index in [9.17, 15) is 0 Å². The van der Waals surface area contributed by atoms with Crippen LogP contribution in [-0.4, -0.2) is 18.0 Å². The van der Waals surface area contributed by atoms with E-state index in [1.807, 2.05) is 0 Å². The molecule has 3 heteroatoms. The molecular formula is C6H7BrO2. The van der Waals surface area contributed by atoms with Crippen LogP contribution in [0.4, 0.5) is 0 Å². The van der Waals surface area contributed by atoms with Crippen LogP contribution in [0.25, 0.3) is 0 Å². The molecule has 0 saturated carbocycles. The van der Waals surface area contributed by atoms with Gasteiger partial charge in [-0.3, -0.25) is 0 Å². The predicted molar refractivity (Wildman–Crippen MR) is 38.9 cm³/mol. The van der Waals surface area contributed by atoms with Gasteiger partial charge in [0.1, 0.15) is 6.61 Å². The Balaban J connectivity index is 3.29. The van der Waals surface area contributed by atoms with Gasteiger partial charge in [-0.15, -0.1) is 6.42 Å². The number of rotatable bonds is 3. The molecule has 9 heavy (non-hydrogen) atoms. The van der Waals surface area contributed by atoms with E-state index in [-0.39, 0.29) is 6.61 Å². The lowest BCUT2D eigenvalue weighted by atomic mass is 10.6. The molecule has 0 aliphatic carbocycles. The summed E-state index contributed by atoms with van der Waals surface area (Å²) < 4.78 is 4.63. The summed E-state index contributed by atoms with van der Waals surface area (Å²) in [6, 6.07) is 0. The van der Waals surface area contributed by atoms with Crippen molar-refractivity contribution in [1.82, 2.24) is 0 Å². The minimum Gasteiger partial charge on any atom is -0.365 e. The van der Waals surface area contributed by atoms with Crippen molar-refractivity contribution in [2.45, 2.75) is 6.29 Å². The third kappa shape index (κ3) is 5.57. The molecule has 1 unspecified atom stereocenters. The van der Waals surface area contributed by atoms with Crippen LogP contribution in [0.2, 0.25) is 0 Å². The molecule has 0 aromatic carbocycles. The molecule has 0 heterocycles. The van der Waals surface area contributed by atoms with E-state index in [0.717, 1.165) is 0 Å². The number of terminal acetylenes is 1. The molecule has 1 atom stereocenters. The van der Waals surface area contributed by atoms with Crippen LogP contribution >= 0.6 is 15.9 Å². The summed E-state index contributed by atoms with van der Waals surface area (Å²) in [7, 11) is 0. The standard InChI is InChI=1S/C6H7BrO2/c1-2-5-9-6(8)3-4-7/h1,3-4,6,8H,5H2. The Morgan fingerprint density at radius 1 is 1.89 bits per heavy atom. The van der Waals surface area contributed by atoms with Gasteiger partial charge in [-0.05, 0) is 11.1 Å². The van der Waals surface area contributed by atoms with E-state index in [2.05, 4.69) is 26.6 Å². The second-order valence-electron chi connectivity index (χ2n) is 1.22. The largest absolute Gasteiger partial charge is 0.365 e. The summed E-state index contributed by atoms with van der Waals surface area (Å²) in [5.74, 6) is 2.23. The van der Waals surface area contributed by atoms with E-state index in [1.165, 1.54) is 11.1 Å². The molecule has 0 bridgehead atoms. The van der Waals surface area contributed by atoms with Crippen molar-refractivity contribution in [3.8, 4) is 12.3 Å². The highest BCUT2D eigenvalue weighted by Crippen LogP contribution is 1.91. The molecule has 2 nitrogen and oxygen atoms in total. The molecule has 50 valence electrons. The molecule has 1 N–H and O–H groups in total. The molecule has 0 aliphatic rings. The first-order valence-electron chi connectivity index (χ1n) is 2.31. The lowest BCUT2D eigenvalue weighted by Gasteiger charge is -2.01. The van der Waals surface area contributed by atoms with Gasteiger partial charge in [0, 0.05) is 0 Å². The fourth-order valence-corrected chi connectivity index (χ4v) is 0.512. The van der Waals surface area contributed by atoms with E-state index in [1.54, 1.807) is 0 Å². The average molecular weight is 191 g/mol. The highest BCUT2D eigenvalue weighted by atomic mass is 79.9. The van der Waals surface area contributed by atoms with Gasteiger partial charge in [0.2, 0.25) is 0 Å². The Kier molecular flexibility index (Phi) is 5.64. The van der Waals surface area contributed by atoms with Gasteiger partial charge < -0.3 is 9.84 Å². The highest BCUT2D eigenvalue weighted by molar-refractivity contribution is 9.11. The van der Waals surface area contributed by atoms with Gasteiger partial charge in [0.15, 0.2) is 6.29 Å². The average Bonchev–Trinajstić information content (AvgIpc) is 1.85. The van der Waals surface area contributed by atoms with Crippen molar-refractivity contribution in [3.63, 3.8) is 0 Å². The van der Waals surface area contributed by atoms with Gasteiger partial charge >= 0.3 is 0 Å². The Hall–Kier alpha value is -0.300. The molecular weight excluding hydrogens is 184 g/mol. The molecule has 0 rings (SSSR count). The van der Waals surface area contributed by atoms with Crippen LogP contribution in [0, 0.1) is 12.3 Å². The fraction of sp³-hybridized carbons (Fsp3) is 0.333. The third-order valence-corrected chi connectivity index (χ3v) is 0.880. The van der Waals surface area contributed by atoms with Crippen LogP contribution in [0.1, 0.15) is 0 Å². The number of hydrogen-bond donors (Lipinski definition) is 1. The number of ether oxygens (including phenoxy) is 1. The fourth-order valence-electron chi connectivity index (χ4n) is 0.251. The SMILES string of the molecule is C#CCOC(O)C=CBr. The van der Waals surface area contributed by atoms with E-state index in [0.29, 0.717) is 0 Å². The third-order valence-electron chi connectivity index (χ3n) is 0.575. The molecule has 0 spiro atoms. The first kappa shape index (κ1) is 8.70. The molecule has 0 radical (unpaired) electrons. The molecule has 0 aromatic rings. The maximum absolute atomic E-state index is 8.75. The Morgan fingerprint density at radius 3 is 3.00 bits per heavy atom. The van der Waals surface area contributed by atoms with Gasteiger partial charge in [-0.2, -0.15) is 0 Å². The van der Waals surface area contributed by atoms with Gasteiger partial charge in [0.25, 0.3) is 0 Å². The van der Waals surface area contributed by atoms with Crippen molar-refractivity contribution < 1.29 is 9.84 Å². The van der Waals surface area contributed by atoms with E-state index < -0.39 is 6.29 Å². The Bertz CT molecular complexity index is 126. The number of aliphatic hydroxyl groups is 1. The quantitative estimate of drug-likeness (QED) is 0.529. The normalized spacial score (nSPS) is 13.4. The lowest BCUT2D eigenvalue weighted by Crippen LogP contribution is -2.07. The van der Waals surface area contributed by atoms with Crippen molar-refractivity contribution in [1.29, 1.82) is 0 Å². The summed E-state index contributed by atoms with van der Waals surface area (Å²) >= 11 is 2.97. The Morgan fingerprint density at radius 2 is 2.56 bits per heavy atom. The van der Waals surface area contributed by atoms with Gasteiger partial charge in [-0.1, -0.05) is 21.9 Å². The second kappa shape index (κ2) is 5.83. The zero-order valence-electron chi connectivity index (χ0n) is 4.75. The van der Waals surface area contributed by atoms with Crippen LogP contribution in [0.3, 0.4) is 0 Å². The van der Waals surface area contributed by atoms with Crippen molar-refractivity contribution in [2.24, 2.45) is 0 Å². The zero-order valence-corrected chi connectivity index (χ0v) is 6.34. The van der Waals surface area contributed by atoms with Crippen molar-refractivity contribution in [2.75, 3.05) is 6.61 Å². The smallest absolute Gasteiger partial charge is 0.176 e. The number of halogens is 1. The van der Waals surface area contributed by atoms with Crippen LogP contribution in [0.5, 0.6) is 0 Å². The summed E-state index contributed by atoms with van der Waals surface area (Å²) in [5, 5.41) is 8.75. The van der Waals surface area contributed by atoms with Crippen LogP contribution < -0.4 is 0 Å². The minimum absolute atomic E-state index is 0.124. The maximum Gasteiger partial charge on any atom is 0.176 e. The number of aliphatic hydroxyl groups excluding tert-OH is 1. The van der Waals surface area contributed by atoms with Crippen molar-refractivity contribution >= 4 is 15.9 Å². The molecule has 0 saturated heterocycles. The first-order chi connectivity index (χ1) is 4.31. The maximum atomic E-state index is 8.75. The summed E-state index contributed by atoms with van der Waals surface area (Å²) in [6.45, 7) is 0.124. The zero-order chi connectivity index (χ0) is 7.11. The monoisotopic (exact) mass is 190 g/mol. The Labute approximate surface area is 62.6 Å². The van der Waals surface area contributed by atoms with Gasteiger partial charge in [0.05, 0.1) is 0 Å². The lowest BCUT2D eigenvalue weighted by molar-refractivity contribution is -0.0499. The van der Waals surface area contributed by atoms with Crippen LogP contribution in [0.15, 0.2) is 11.1 Å². The molecule has 0 aliphatic heterocycles. The number of hydrogen-bond acceptors (Lipinski definition) is 2. The molecule has 0 fully saturated rings. The van der Waals surface area contributed by atoms with Crippen molar-refractivity contribution in [3.05, 3.63) is 11.1 Å². The highest BCUT2D eigenvalue weighted by Gasteiger charge is 1.93. The van der Waals surface area contributed by atoms with E-state index in [4.69, 9.17) is 11.5 Å². The first-order valence-corrected chi connectivity index (χ1v) is 3.23. The van der Waals surface area contributed by atoms with E-state index >= 15 is 0 Å². The molecule has 0 aromatic heterocycles. The summed E-state index contributed by atoms with van der Waals surface area (Å²) in [5.41, 5.74) is 0.